The van der Waals surface area contributed by atoms with E-state index < -0.39 is 0 Å². The van der Waals surface area contributed by atoms with Gasteiger partial charge in [0.15, 0.2) is 0 Å². The molecule has 0 aliphatic rings. The molecule has 0 aliphatic heterocycles. The summed E-state index contributed by atoms with van der Waals surface area (Å²) in [5, 5.41) is 0.731. The fourth-order valence-corrected chi connectivity index (χ4v) is 2.12. The Bertz CT molecular complexity index is 384. The third kappa shape index (κ3) is 3.28. The number of hydrogen-bond donors (Lipinski definition) is 0. The summed E-state index contributed by atoms with van der Waals surface area (Å²) < 4.78 is 13.3. The van der Waals surface area contributed by atoms with E-state index in [2.05, 4.69) is 31.9 Å². The first kappa shape index (κ1) is 13.6. The van der Waals surface area contributed by atoms with Crippen molar-refractivity contribution in [3.63, 3.8) is 0 Å². The topological polar surface area (TPSA) is 20.3 Å². The van der Waals surface area contributed by atoms with Crippen molar-refractivity contribution < 1.29 is 9.18 Å². The largest absolute Gasteiger partial charge is 0.338 e. The van der Waals surface area contributed by atoms with Crippen molar-refractivity contribution in [3.8, 4) is 0 Å². The molecule has 1 aromatic carbocycles. The van der Waals surface area contributed by atoms with Gasteiger partial charge in [0, 0.05) is 24.0 Å². The summed E-state index contributed by atoms with van der Waals surface area (Å²) in [7, 11) is 0. The Hall–Kier alpha value is -0.420. The van der Waals surface area contributed by atoms with E-state index in [1.54, 1.807) is 4.90 Å². The third-order valence-corrected chi connectivity index (χ3v) is 3.15. The molecule has 0 aromatic heterocycles. The van der Waals surface area contributed by atoms with E-state index in [0.29, 0.717) is 23.1 Å². The lowest BCUT2D eigenvalue weighted by Crippen LogP contribution is -2.32. The number of halogens is 3. The molecule has 0 spiro atoms. The standard InChI is InChI=1S/C11H12Br2FNO/c1-2-15(6-5-12)11(16)8-3-4-10(14)9(13)7-8/h3-4,7H,2,5-6H2,1H3. The predicted molar refractivity (Wildman–Crippen MR) is 69.5 cm³/mol. The molecule has 0 saturated heterocycles. The quantitative estimate of drug-likeness (QED) is 0.760. The predicted octanol–water partition coefficient (Wildman–Crippen LogP) is 3.45. The average molecular weight is 353 g/mol. The van der Waals surface area contributed by atoms with Gasteiger partial charge < -0.3 is 4.90 Å². The van der Waals surface area contributed by atoms with E-state index in [-0.39, 0.29) is 11.7 Å². The molecule has 0 bridgehead atoms. The lowest BCUT2D eigenvalue weighted by molar-refractivity contribution is 0.0775. The lowest BCUT2D eigenvalue weighted by atomic mass is 10.2. The molecular weight excluding hydrogens is 341 g/mol. The molecule has 16 heavy (non-hydrogen) atoms. The van der Waals surface area contributed by atoms with Gasteiger partial charge >= 0.3 is 0 Å². The Morgan fingerprint density at radius 1 is 1.50 bits per heavy atom. The van der Waals surface area contributed by atoms with Crippen LogP contribution in [0.15, 0.2) is 22.7 Å². The monoisotopic (exact) mass is 351 g/mol. The van der Waals surface area contributed by atoms with E-state index in [1.165, 1.54) is 18.2 Å². The molecule has 0 aliphatic carbocycles. The van der Waals surface area contributed by atoms with Crippen LogP contribution in [0.25, 0.3) is 0 Å². The zero-order valence-electron chi connectivity index (χ0n) is 8.84. The Morgan fingerprint density at radius 2 is 2.19 bits per heavy atom. The molecule has 0 radical (unpaired) electrons. The normalized spacial score (nSPS) is 10.2. The van der Waals surface area contributed by atoms with Crippen LogP contribution < -0.4 is 0 Å². The van der Waals surface area contributed by atoms with Crippen molar-refractivity contribution in [2.75, 3.05) is 18.4 Å². The van der Waals surface area contributed by atoms with Gasteiger partial charge in [-0.25, -0.2) is 4.39 Å². The van der Waals surface area contributed by atoms with Crippen LogP contribution in [0, 0.1) is 5.82 Å². The fourth-order valence-electron chi connectivity index (χ4n) is 1.32. The van der Waals surface area contributed by atoms with Gasteiger partial charge in [-0.2, -0.15) is 0 Å². The SMILES string of the molecule is CCN(CCBr)C(=O)c1ccc(F)c(Br)c1. The van der Waals surface area contributed by atoms with Crippen LogP contribution in [-0.4, -0.2) is 29.2 Å². The van der Waals surface area contributed by atoms with Crippen LogP contribution in [0.4, 0.5) is 4.39 Å². The maximum Gasteiger partial charge on any atom is 0.253 e. The van der Waals surface area contributed by atoms with Crippen molar-refractivity contribution in [2.45, 2.75) is 6.92 Å². The minimum absolute atomic E-state index is 0.0809. The van der Waals surface area contributed by atoms with Gasteiger partial charge in [-0.15, -0.1) is 0 Å². The highest BCUT2D eigenvalue weighted by Crippen LogP contribution is 2.18. The van der Waals surface area contributed by atoms with Crippen LogP contribution in [0.3, 0.4) is 0 Å². The maximum atomic E-state index is 13.0. The molecule has 0 atom stereocenters. The van der Waals surface area contributed by atoms with Crippen molar-refractivity contribution in [2.24, 2.45) is 0 Å². The summed E-state index contributed by atoms with van der Waals surface area (Å²) in [5.74, 6) is -0.442. The van der Waals surface area contributed by atoms with Gasteiger partial charge in [-0.3, -0.25) is 4.79 Å². The minimum atomic E-state index is -0.361. The van der Waals surface area contributed by atoms with Crippen molar-refractivity contribution in [3.05, 3.63) is 34.1 Å². The summed E-state index contributed by atoms with van der Waals surface area (Å²) in [6, 6.07) is 4.30. The van der Waals surface area contributed by atoms with Gasteiger partial charge in [-0.05, 0) is 41.1 Å². The first-order valence-electron chi connectivity index (χ1n) is 4.90. The Balaban J connectivity index is 2.90. The molecule has 0 saturated carbocycles. The zero-order chi connectivity index (χ0) is 12.1. The molecule has 0 unspecified atom stereocenters. The van der Waals surface area contributed by atoms with Crippen molar-refractivity contribution in [1.82, 2.24) is 4.90 Å². The second-order valence-electron chi connectivity index (χ2n) is 3.20. The van der Waals surface area contributed by atoms with Gasteiger partial charge in [0.05, 0.1) is 4.47 Å². The number of hydrogen-bond acceptors (Lipinski definition) is 1. The lowest BCUT2D eigenvalue weighted by Gasteiger charge is -2.19. The molecule has 0 fully saturated rings. The smallest absolute Gasteiger partial charge is 0.253 e. The highest BCUT2D eigenvalue weighted by Gasteiger charge is 2.14. The number of nitrogens with zero attached hydrogens (tertiary/aromatic N) is 1. The van der Waals surface area contributed by atoms with Crippen molar-refractivity contribution in [1.29, 1.82) is 0 Å². The molecule has 1 amide bonds. The van der Waals surface area contributed by atoms with Crippen LogP contribution in [-0.2, 0) is 0 Å². The van der Waals surface area contributed by atoms with Gasteiger partial charge in [0.1, 0.15) is 5.82 Å². The fraction of sp³-hybridized carbons (Fsp3) is 0.364. The van der Waals surface area contributed by atoms with Crippen LogP contribution in [0.5, 0.6) is 0 Å². The summed E-state index contributed by atoms with van der Waals surface area (Å²) in [4.78, 5) is 13.7. The highest BCUT2D eigenvalue weighted by molar-refractivity contribution is 9.10. The second kappa shape index (κ2) is 6.35. The van der Waals surface area contributed by atoms with E-state index in [1.807, 2.05) is 6.92 Å². The summed E-state index contributed by atoms with van der Waals surface area (Å²) in [5.41, 5.74) is 0.496. The van der Waals surface area contributed by atoms with E-state index in [0.717, 1.165) is 5.33 Å². The summed E-state index contributed by atoms with van der Waals surface area (Å²) in [6.45, 7) is 3.20. The number of benzene rings is 1. The van der Waals surface area contributed by atoms with E-state index >= 15 is 0 Å². The first-order valence-corrected chi connectivity index (χ1v) is 6.82. The zero-order valence-corrected chi connectivity index (χ0v) is 12.0. The molecule has 1 rings (SSSR count). The molecule has 0 heterocycles. The Kier molecular flexibility index (Phi) is 5.41. The number of carbonyl (C=O) groups excluding carboxylic acids is 1. The van der Waals surface area contributed by atoms with Gasteiger partial charge in [0.25, 0.3) is 5.91 Å². The van der Waals surface area contributed by atoms with Crippen LogP contribution in [0.2, 0.25) is 0 Å². The van der Waals surface area contributed by atoms with E-state index in [4.69, 9.17) is 0 Å². The number of rotatable bonds is 4. The number of amides is 1. The van der Waals surface area contributed by atoms with Crippen molar-refractivity contribution >= 4 is 37.8 Å². The molecule has 88 valence electrons. The highest BCUT2D eigenvalue weighted by atomic mass is 79.9. The molecule has 2 nitrogen and oxygen atoms in total. The Labute approximate surface area is 111 Å². The summed E-state index contributed by atoms with van der Waals surface area (Å²) >= 11 is 6.36. The van der Waals surface area contributed by atoms with Gasteiger partial charge in [0.2, 0.25) is 0 Å². The molecule has 1 aromatic rings. The van der Waals surface area contributed by atoms with Crippen LogP contribution >= 0.6 is 31.9 Å². The first-order chi connectivity index (χ1) is 7.60. The molecule has 5 heteroatoms. The molecule has 0 N–H and O–H groups in total. The van der Waals surface area contributed by atoms with Gasteiger partial charge in [-0.1, -0.05) is 15.9 Å². The maximum absolute atomic E-state index is 13.0. The van der Waals surface area contributed by atoms with Crippen LogP contribution in [0.1, 0.15) is 17.3 Å². The average Bonchev–Trinajstić information content (AvgIpc) is 2.28. The third-order valence-electron chi connectivity index (χ3n) is 2.19. The Morgan fingerprint density at radius 3 is 2.69 bits per heavy atom. The van der Waals surface area contributed by atoms with E-state index in [9.17, 15) is 9.18 Å². The number of alkyl halides is 1. The molecular formula is C11H12Br2FNO. The summed E-state index contributed by atoms with van der Waals surface area (Å²) in [6.07, 6.45) is 0. The number of carbonyl (C=O) groups is 1. The second-order valence-corrected chi connectivity index (χ2v) is 4.85. The minimum Gasteiger partial charge on any atom is -0.338 e.